The number of ether oxygens (including phenoxy) is 2. The zero-order valence-electron chi connectivity index (χ0n) is 22.0. The van der Waals surface area contributed by atoms with Gasteiger partial charge in [-0.05, 0) is 60.0 Å². The van der Waals surface area contributed by atoms with Gasteiger partial charge >= 0.3 is 0 Å². The third-order valence-electron chi connectivity index (χ3n) is 6.37. The molecule has 0 bridgehead atoms. The van der Waals surface area contributed by atoms with Gasteiger partial charge in [-0.15, -0.1) is 0 Å². The predicted octanol–water partition coefficient (Wildman–Crippen LogP) is 4.28. The number of fused-ring (bicyclic) bond motifs is 2. The Hall–Kier alpha value is -4.25. The highest BCUT2D eigenvalue weighted by Crippen LogP contribution is 2.32. The normalized spacial score (nSPS) is 13.3. The first kappa shape index (κ1) is 27.8. The van der Waals surface area contributed by atoms with Crippen molar-refractivity contribution >= 4 is 40.2 Å². The molecule has 11 heteroatoms. The topological polar surface area (TPSA) is 114 Å². The van der Waals surface area contributed by atoms with Crippen molar-refractivity contribution in [3.8, 4) is 16.9 Å². The van der Waals surface area contributed by atoms with Crippen LogP contribution in [0.25, 0.3) is 22.2 Å². The molecule has 0 fully saturated rings. The summed E-state index contributed by atoms with van der Waals surface area (Å²) in [7, 11) is 1.66. The molecule has 3 aromatic carbocycles. The van der Waals surface area contributed by atoms with Gasteiger partial charge in [0.1, 0.15) is 18.2 Å². The molecule has 5 rings (SSSR count). The highest BCUT2D eigenvalue weighted by atomic mass is 32.2. The smallest absolute Gasteiger partial charge is 0.292 e. The van der Waals surface area contributed by atoms with Crippen molar-refractivity contribution in [2.45, 2.75) is 18.4 Å². The second kappa shape index (κ2) is 12.1. The van der Waals surface area contributed by atoms with Gasteiger partial charge in [-0.2, -0.15) is 0 Å². The van der Waals surface area contributed by atoms with Crippen molar-refractivity contribution in [2.75, 3.05) is 38.9 Å². The molecule has 204 valence electrons. The molecule has 4 aromatic rings. The number of methoxy groups -OCH3 is 1. The van der Waals surface area contributed by atoms with Crippen LogP contribution in [0.3, 0.4) is 0 Å². The molecule has 9 nitrogen and oxygen atoms in total. The first-order chi connectivity index (χ1) is 18.8. The van der Waals surface area contributed by atoms with Crippen molar-refractivity contribution in [3.05, 3.63) is 71.0 Å². The van der Waals surface area contributed by atoms with Crippen molar-refractivity contribution in [1.82, 2.24) is 14.9 Å². The molecule has 1 aromatic heterocycles. The number of halogens is 1. The number of amides is 1. The number of carbonyl (C=O) groups excluding carboxylic acids is 2. The average molecular weight is 553 g/mol. The molecule has 0 saturated heterocycles. The Labute approximate surface area is 227 Å². The maximum atomic E-state index is 14.7. The van der Waals surface area contributed by atoms with E-state index in [1.54, 1.807) is 17.9 Å². The molecular formula is C28H29FN4O5S. The van der Waals surface area contributed by atoms with Crippen LogP contribution in [-0.2, 0) is 26.9 Å². The number of hydrogen-bond acceptors (Lipinski definition) is 7. The summed E-state index contributed by atoms with van der Waals surface area (Å²) in [4.78, 5) is 31.8. The van der Waals surface area contributed by atoms with Gasteiger partial charge in [0.05, 0.1) is 40.4 Å². The predicted molar refractivity (Wildman–Crippen MR) is 148 cm³/mol. The molecule has 0 aliphatic carbocycles. The molecule has 2 N–H and O–H groups in total. The minimum absolute atomic E-state index is 0.101. The SMILES string of the molecule is CNc1nc2ccc(-c3ccc4c(c3)CN(C(=O)c3ccc(S(C)=O)c(F)c3C)CCO4)cc2[nH]1.COC=O. The number of nitrogens with zero attached hydrogens (tertiary/aromatic N) is 2. The number of hydrogen-bond donors (Lipinski definition) is 2. The van der Waals surface area contributed by atoms with E-state index in [4.69, 9.17) is 9.53 Å². The monoisotopic (exact) mass is 552 g/mol. The van der Waals surface area contributed by atoms with E-state index in [0.717, 1.165) is 33.5 Å². The number of nitrogens with one attached hydrogen (secondary N) is 2. The fourth-order valence-electron chi connectivity index (χ4n) is 4.34. The quantitative estimate of drug-likeness (QED) is 0.355. The van der Waals surface area contributed by atoms with Crippen molar-refractivity contribution in [3.63, 3.8) is 0 Å². The van der Waals surface area contributed by atoms with E-state index in [1.807, 2.05) is 43.4 Å². The van der Waals surface area contributed by atoms with E-state index in [2.05, 4.69) is 20.0 Å². The van der Waals surface area contributed by atoms with Gasteiger partial charge in [0.25, 0.3) is 12.4 Å². The summed E-state index contributed by atoms with van der Waals surface area (Å²) in [6, 6.07) is 14.9. The molecule has 39 heavy (non-hydrogen) atoms. The molecule has 1 aliphatic rings. The lowest BCUT2D eigenvalue weighted by atomic mass is 10.0. The number of carbonyl (C=O) groups is 2. The number of aromatic nitrogens is 2. The zero-order chi connectivity index (χ0) is 28.1. The van der Waals surface area contributed by atoms with Crippen molar-refractivity contribution in [2.24, 2.45) is 0 Å². The van der Waals surface area contributed by atoms with Crippen LogP contribution in [0.4, 0.5) is 10.3 Å². The minimum Gasteiger partial charge on any atom is -0.491 e. The van der Waals surface area contributed by atoms with E-state index in [-0.39, 0.29) is 21.9 Å². The first-order valence-corrected chi connectivity index (χ1v) is 13.6. The van der Waals surface area contributed by atoms with Gasteiger partial charge in [0, 0.05) is 31.0 Å². The number of benzene rings is 3. The van der Waals surface area contributed by atoms with Crippen LogP contribution in [0, 0.1) is 12.7 Å². The fraction of sp³-hybridized carbons (Fsp3) is 0.250. The molecule has 0 radical (unpaired) electrons. The summed E-state index contributed by atoms with van der Waals surface area (Å²) in [5.74, 6) is 0.548. The lowest BCUT2D eigenvalue weighted by molar-refractivity contribution is -0.126. The van der Waals surface area contributed by atoms with Gasteiger partial charge in [0.2, 0.25) is 5.95 Å². The number of imidazole rings is 1. The summed E-state index contributed by atoms with van der Waals surface area (Å²) in [6.07, 6.45) is 1.42. The number of rotatable bonds is 5. The van der Waals surface area contributed by atoms with Crippen LogP contribution < -0.4 is 10.1 Å². The zero-order valence-corrected chi connectivity index (χ0v) is 22.9. The molecule has 0 spiro atoms. The molecule has 1 amide bonds. The molecule has 1 atom stereocenters. The van der Waals surface area contributed by atoms with Gasteiger partial charge in [-0.25, -0.2) is 9.37 Å². The minimum atomic E-state index is -1.47. The van der Waals surface area contributed by atoms with Gasteiger partial charge in [-0.1, -0.05) is 12.1 Å². The van der Waals surface area contributed by atoms with Crippen LogP contribution in [0.1, 0.15) is 21.5 Å². The van der Waals surface area contributed by atoms with Crippen molar-refractivity contribution in [1.29, 1.82) is 0 Å². The lowest BCUT2D eigenvalue weighted by Gasteiger charge is -2.21. The highest BCUT2D eigenvalue weighted by Gasteiger charge is 2.25. The summed E-state index contributed by atoms with van der Waals surface area (Å²) < 4.78 is 36.3. The van der Waals surface area contributed by atoms with Crippen LogP contribution in [0.15, 0.2) is 53.4 Å². The maximum Gasteiger partial charge on any atom is 0.292 e. The van der Waals surface area contributed by atoms with Crippen LogP contribution in [0.2, 0.25) is 0 Å². The molecule has 0 saturated carbocycles. The summed E-state index contributed by atoms with van der Waals surface area (Å²) in [5.41, 5.74) is 5.13. The summed E-state index contributed by atoms with van der Waals surface area (Å²) >= 11 is 0. The van der Waals surface area contributed by atoms with Gasteiger partial charge in [0.15, 0.2) is 0 Å². The largest absolute Gasteiger partial charge is 0.491 e. The Morgan fingerprint density at radius 3 is 2.62 bits per heavy atom. The Morgan fingerprint density at radius 1 is 1.21 bits per heavy atom. The third kappa shape index (κ3) is 5.93. The maximum absolute atomic E-state index is 14.7. The van der Waals surface area contributed by atoms with Crippen LogP contribution >= 0.6 is 0 Å². The summed E-state index contributed by atoms with van der Waals surface area (Å²) in [6.45, 7) is 2.97. The Morgan fingerprint density at radius 2 is 1.92 bits per heavy atom. The van der Waals surface area contributed by atoms with E-state index in [0.29, 0.717) is 32.1 Å². The Kier molecular flexibility index (Phi) is 8.60. The fourth-order valence-corrected chi connectivity index (χ4v) is 5.00. The second-order valence-electron chi connectivity index (χ2n) is 8.80. The molecular weight excluding hydrogens is 523 g/mol. The van der Waals surface area contributed by atoms with E-state index in [9.17, 15) is 13.4 Å². The molecule has 1 unspecified atom stereocenters. The van der Waals surface area contributed by atoms with E-state index in [1.165, 1.54) is 19.4 Å². The van der Waals surface area contributed by atoms with E-state index >= 15 is 0 Å². The second-order valence-corrected chi connectivity index (χ2v) is 10.1. The number of aromatic amines is 1. The Bertz CT molecular complexity index is 1550. The number of H-pyrrole nitrogens is 1. The summed E-state index contributed by atoms with van der Waals surface area (Å²) in [5, 5.41) is 3.01. The van der Waals surface area contributed by atoms with Crippen LogP contribution in [0.5, 0.6) is 5.75 Å². The standard InChI is InChI=1S/C26H25FN4O3S.C2H4O2/c1-15-19(6-9-23(24(15)27)35(3)33)25(32)31-10-11-34-22-8-5-16(12-18(22)14-31)17-4-7-20-21(13-17)30-26(28-2)29-20;1-4-2-3/h4-9,12-13H,10-11,14H2,1-3H3,(H2,28,29,30);2H,1H3. The van der Waals surface area contributed by atoms with Crippen molar-refractivity contribution < 1.29 is 27.7 Å². The van der Waals surface area contributed by atoms with Gasteiger partial charge < -0.3 is 24.7 Å². The first-order valence-electron chi connectivity index (χ1n) is 12.1. The third-order valence-corrected chi connectivity index (χ3v) is 7.30. The average Bonchev–Trinajstić information content (AvgIpc) is 3.24. The van der Waals surface area contributed by atoms with E-state index < -0.39 is 16.6 Å². The lowest BCUT2D eigenvalue weighted by Crippen LogP contribution is -2.33. The highest BCUT2D eigenvalue weighted by molar-refractivity contribution is 7.84. The van der Waals surface area contributed by atoms with Gasteiger partial charge in [-0.3, -0.25) is 13.8 Å². The Balaban J connectivity index is 0.000000826. The van der Waals surface area contributed by atoms with Crippen LogP contribution in [-0.4, -0.2) is 65.0 Å². The number of anilines is 1. The molecule has 1 aliphatic heterocycles. The molecule has 2 heterocycles.